The van der Waals surface area contributed by atoms with Gasteiger partial charge in [-0.3, -0.25) is 14.5 Å². The molecule has 1 aliphatic heterocycles. The van der Waals surface area contributed by atoms with Crippen molar-refractivity contribution in [2.45, 2.75) is 32.4 Å². The maximum Gasteiger partial charge on any atom is 0.319 e. The van der Waals surface area contributed by atoms with Gasteiger partial charge in [-0.05, 0) is 42.3 Å². The summed E-state index contributed by atoms with van der Waals surface area (Å²) >= 11 is 0. The smallest absolute Gasteiger partial charge is 0.319 e. The molecule has 3 rings (SSSR count). The minimum atomic E-state index is -0.975. The van der Waals surface area contributed by atoms with Crippen LogP contribution in [0.2, 0.25) is 0 Å². The molecule has 0 radical (unpaired) electrons. The number of anilines is 1. The molecular formula is C20H19F2N3O3. The quantitative estimate of drug-likeness (QED) is 0.771. The molecule has 1 heterocycles. The molecule has 2 aromatic rings. The number of nitrogens with one attached hydrogen (secondary N) is 2. The van der Waals surface area contributed by atoms with Gasteiger partial charge in [0, 0.05) is 18.5 Å². The zero-order valence-electron chi connectivity index (χ0n) is 15.2. The van der Waals surface area contributed by atoms with E-state index in [0.29, 0.717) is 11.3 Å². The fourth-order valence-corrected chi connectivity index (χ4v) is 2.90. The number of hydrogen-bond acceptors (Lipinski definition) is 3. The first-order valence-electron chi connectivity index (χ1n) is 8.78. The lowest BCUT2D eigenvalue weighted by Gasteiger charge is -2.16. The molecule has 0 aliphatic carbocycles. The van der Waals surface area contributed by atoms with E-state index in [2.05, 4.69) is 10.6 Å². The zero-order chi connectivity index (χ0) is 20.3. The van der Waals surface area contributed by atoms with Crippen molar-refractivity contribution < 1.29 is 23.2 Å². The Morgan fingerprint density at radius 2 is 1.68 bits per heavy atom. The highest BCUT2D eigenvalue weighted by Gasteiger charge is 2.28. The maximum absolute atomic E-state index is 13.3. The van der Waals surface area contributed by atoms with Gasteiger partial charge in [0.2, 0.25) is 11.8 Å². The van der Waals surface area contributed by atoms with Crippen LogP contribution in [0, 0.1) is 11.6 Å². The molecule has 1 fully saturated rings. The van der Waals surface area contributed by atoms with Crippen LogP contribution in [0.15, 0.2) is 42.5 Å². The van der Waals surface area contributed by atoms with Gasteiger partial charge in [-0.2, -0.15) is 0 Å². The van der Waals surface area contributed by atoms with Crippen LogP contribution in [0.25, 0.3) is 0 Å². The third-order valence-electron chi connectivity index (χ3n) is 4.50. The Morgan fingerprint density at radius 1 is 1.04 bits per heavy atom. The maximum atomic E-state index is 13.3. The molecule has 2 N–H and O–H groups in total. The van der Waals surface area contributed by atoms with E-state index in [-0.39, 0.29) is 31.2 Å². The first-order valence-corrected chi connectivity index (χ1v) is 8.78. The van der Waals surface area contributed by atoms with Crippen molar-refractivity contribution in [3.8, 4) is 0 Å². The van der Waals surface area contributed by atoms with Gasteiger partial charge in [0.05, 0.1) is 12.6 Å². The second-order valence-corrected chi connectivity index (χ2v) is 6.56. The van der Waals surface area contributed by atoms with E-state index in [1.807, 2.05) is 0 Å². The van der Waals surface area contributed by atoms with E-state index in [1.165, 1.54) is 11.0 Å². The molecule has 6 nitrogen and oxygen atoms in total. The number of urea groups is 1. The molecule has 1 saturated heterocycles. The van der Waals surface area contributed by atoms with Gasteiger partial charge in [-0.1, -0.05) is 18.2 Å². The SMILES string of the molecule is C[C@H](NC(=O)Nc1ccc(CN2C(=O)CCC2=O)cc1)c1ccc(F)c(F)c1. The highest BCUT2D eigenvalue weighted by Crippen LogP contribution is 2.18. The Hall–Kier alpha value is -3.29. The summed E-state index contributed by atoms with van der Waals surface area (Å²) in [7, 11) is 0. The minimum Gasteiger partial charge on any atom is -0.331 e. The highest BCUT2D eigenvalue weighted by molar-refractivity contribution is 6.01. The van der Waals surface area contributed by atoms with E-state index in [0.717, 1.165) is 17.7 Å². The summed E-state index contributed by atoms with van der Waals surface area (Å²) in [5, 5.41) is 5.28. The van der Waals surface area contributed by atoms with Crippen molar-refractivity contribution in [2.24, 2.45) is 0 Å². The minimum absolute atomic E-state index is 0.183. The molecule has 0 aromatic heterocycles. The fourth-order valence-electron chi connectivity index (χ4n) is 2.90. The fraction of sp³-hybridized carbons (Fsp3) is 0.250. The first kappa shape index (κ1) is 19.5. The average molecular weight is 387 g/mol. The number of amides is 4. The number of carbonyl (C=O) groups excluding carboxylic acids is 3. The van der Waals surface area contributed by atoms with Gasteiger partial charge >= 0.3 is 6.03 Å². The molecule has 146 valence electrons. The lowest BCUT2D eigenvalue weighted by molar-refractivity contribution is -0.139. The molecule has 1 atom stereocenters. The molecule has 2 aromatic carbocycles. The van der Waals surface area contributed by atoms with Gasteiger partial charge in [0.25, 0.3) is 0 Å². The number of carbonyl (C=O) groups is 3. The van der Waals surface area contributed by atoms with E-state index in [9.17, 15) is 23.2 Å². The molecule has 0 saturated carbocycles. The Labute approximate surface area is 160 Å². The third kappa shape index (κ3) is 4.51. The van der Waals surface area contributed by atoms with Gasteiger partial charge in [0.1, 0.15) is 0 Å². The van der Waals surface area contributed by atoms with Crippen LogP contribution in [0.1, 0.15) is 36.9 Å². The molecular weight excluding hydrogens is 368 g/mol. The predicted molar refractivity (Wildman–Crippen MR) is 98.2 cm³/mol. The Kier molecular flexibility index (Phi) is 5.67. The first-order chi connectivity index (χ1) is 13.3. The van der Waals surface area contributed by atoms with Crippen molar-refractivity contribution in [3.63, 3.8) is 0 Å². The van der Waals surface area contributed by atoms with Crippen LogP contribution in [0.4, 0.5) is 19.3 Å². The number of nitrogens with zero attached hydrogens (tertiary/aromatic N) is 1. The number of rotatable bonds is 5. The summed E-state index contributed by atoms with van der Waals surface area (Å²) in [5.41, 5.74) is 1.71. The number of benzene rings is 2. The summed E-state index contributed by atoms with van der Waals surface area (Å²) in [6.45, 7) is 1.86. The van der Waals surface area contributed by atoms with Crippen molar-refractivity contribution in [1.82, 2.24) is 10.2 Å². The summed E-state index contributed by atoms with van der Waals surface area (Å²) in [4.78, 5) is 36.6. The number of imide groups is 1. The highest BCUT2D eigenvalue weighted by atomic mass is 19.2. The van der Waals surface area contributed by atoms with Crippen molar-refractivity contribution >= 4 is 23.5 Å². The summed E-state index contributed by atoms with van der Waals surface area (Å²) < 4.78 is 26.3. The molecule has 4 amide bonds. The molecule has 0 spiro atoms. The van der Waals surface area contributed by atoms with Crippen molar-refractivity contribution in [1.29, 1.82) is 0 Å². The van der Waals surface area contributed by atoms with Crippen molar-refractivity contribution in [2.75, 3.05) is 5.32 Å². The number of likely N-dealkylation sites (tertiary alicyclic amines) is 1. The predicted octanol–water partition coefficient (Wildman–Crippen LogP) is 3.50. The van der Waals surface area contributed by atoms with Crippen LogP contribution < -0.4 is 10.6 Å². The lowest BCUT2D eigenvalue weighted by Crippen LogP contribution is -2.31. The zero-order valence-corrected chi connectivity index (χ0v) is 15.2. The summed E-state index contributed by atoms with van der Waals surface area (Å²) in [6.07, 6.45) is 0.490. The van der Waals surface area contributed by atoms with Gasteiger partial charge in [-0.25, -0.2) is 13.6 Å². The number of hydrogen-bond donors (Lipinski definition) is 2. The third-order valence-corrected chi connectivity index (χ3v) is 4.50. The Bertz CT molecular complexity index is 899. The molecule has 0 bridgehead atoms. The molecule has 28 heavy (non-hydrogen) atoms. The standard InChI is InChI=1S/C20H19F2N3O3/c1-12(14-4-7-16(21)17(22)10-14)23-20(28)24-15-5-2-13(3-6-15)11-25-18(26)8-9-19(25)27/h2-7,10,12H,8-9,11H2,1H3,(H2,23,24,28)/t12-/m0/s1. The van der Waals surface area contributed by atoms with Crippen LogP contribution in [-0.2, 0) is 16.1 Å². The number of halogens is 2. The van der Waals surface area contributed by atoms with E-state index >= 15 is 0 Å². The average Bonchev–Trinajstić information content (AvgIpc) is 2.97. The largest absolute Gasteiger partial charge is 0.331 e. The summed E-state index contributed by atoms with van der Waals surface area (Å²) in [6, 6.07) is 9.16. The molecule has 8 heteroatoms. The molecule has 1 aliphatic rings. The Morgan fingerprint density at radius 3 is 2.29 bits per heavy atom. The summed E-state index contributed by atoms with van der Waals surface area (Å²) in [5.74, 6) is -2.29. The molecule has 0 unspecified atom stereocenters. The second kappa shape index (κ2) is 8.16. The topological polar surface area (TPSA) is 78.5 Å². The van der Waals surface area contributed by atoms with Crippen LogP contribution in [0.5, 0.6) is 0 Å². The van der Waals surface area contributed by atoms with Crippen LogP contribution in [-0.4, -0.2) is 22.7 Å². The van der Waals surface area contributed by atoms with Gasteiger partial charge in [-0.15, -0.1) is 0 Å². The van der Waals surface area contributed by atoms with Gasteiger partial charge < -0.3 is 10.6 Å². The monoisotopic (exact) mass is 387 g/mol. The van der Waals surface area contributed by atoms with Crippen LogP contribution >= 0.6 is 0 Å². The normalized spacial score (nSPS) is 14.9. The van der Waals surface area contributed by atoms with Crippen molar-refractivity contribution in [3.05, 3.63) is 65.2 Å². The van der Waals surface area contributed by atoms with Crippen LogP contribution in [0.3, 0.4) is 0 Å². The second-order valence-electron chi connectivity index (χ2n) is 6.56. The van der Waals surface area contributed by atoms with E-state index in [4.69, 9.17) is 0 Å². The Balaban J connectivity index is 1.56. The van der Waals surface area contributed by atoms with E-state index < -0.39 is 23.7 Å². The van der Waals surface area contributed by atoms with Gasteiger partial charge in [0.15, 0.2) is 11.6 Å². The van der Waals surface area contributed by atoms with E-state index in [1.54, 1.807) is 31.2 Å². The lowest BCUT2D eigenvalue weighted by atomic mass is 10.1.